The second-order valence-corrected chi connectivity index (χ2v) is 5.31. The molecule has 0 bridgehead atoms. The Kier molecular flexibility index (Phi) is 3.85. The van der Waals surface area contributed by atoms with Crippen molar-refractivity contribution in [2.45, 2.75) is 31.3 Å². The van der Waals surface area contributed by atoms with Crippen molar-refractivity contribution in [2.24, 2.45) is 5.73 Å². The Morgan fingerprint density at radius 1 is 1.31 bits per heavy atom. The van der Waals surface area contributed by atoms with Crippen LogP contribution in [0.25, 0.3) is 0 Å². The van der Waals surface area contributed by atoms with Gasteiger partial charge in [0.05, 0.1) is 13.2 Å². The van der Waals surface area contributed by atoms with Gasteiger partial charge in [-0.1, -0.05) is 0 Å². The van der Waals surface area contributed by atoms with Crippen LogP contribution < -0.4 is 5.73 Å². The van der Waals surface area contributed by atoms with Crippen LogP contribution in [0.5, 0.6) is 0 Å². The first kappa shape index (κ1) is 12.3. The average molecular weight is 227 g/mol. The standard InChI is InChI=1S/C12H25N3O/c1-11-9-12(10-13,3-4-14(11)2)15-5-7-16-8-6-15/h11H,3-10,13H2,1-2H3. The number of hydrogen-bond acceptors (Lipinski definition) is 4. The number of ether oxygens (including phenoxy) is 1. The number of hydrogen-bond donors (Lipinski definition) is 1. The molecule has 0 amide bonds. The van der Waals surface area contributed by atoms with Gasteiger partial charge in [-0.25, -0.2) is 0 Å². The summed E-state index contributed by atoms with van der Waals surface area (Å²) in [7, 11) is 2.21. The summed E-state index contributed by atoms with van der Waals surface area (Å²) in [5.74, 6) is 0. The van der Waals surface area contributed by atoms with E-state index in [9.17, 15) is 0 Å². The minimum absolute atomic E-state index is 0.232. The molecular weight excluding hydrogens is 202 g/mol. The third kappa shape index (κ3) is 2.25. The summed E-state index contributed by atoms with van der Waals surface area (Å²) in [5.41, 5.74) is 6.31. The van der Waals surface area contributed by atoms with E-state index in [1.807, 2.05) is 0 Å². The molecule has 2 rings (SSSR count). The number of nitrogens with zero attached hydrogens (tertiary/aromatic N) is 2. The molecule has 0 aromatic carbocycles. The van der Waals surface area contributed by atoms with E-state index in [0.29, 0.717) is 6.04 Å². The molecule has 4 heteroatoms. The van der Waals surface area contributed by atoms with E-state index in [2.05, 4.69) is 23.8 Å². The van der Waals surface area contributed by atoms with Gasteiger partial charge in [-0.15, -0.1) is 0 Å². The lowest BCUT2D eigenvalue weighted by atomic mass is 9.82. The highest BCUT2D eigenvalue weighted by atomic mass is 16.5. The van der Waals surface area contributed by atoms with Gasteiger partial charge in [0, 0.05) is 31.2 Å². The van der Waals surface area contributed by atoms with Crippen LogP contribution in [0.15, 0.2) is 0 Å². The number of morpholine rings is 1. The Hall–Kier alpha value is -0.160. The second kappa shape index (κ2) is 5.00. The molecule has 16 heavy (non-hydrogen) atoms. The predicted octanol–water partition coefficient (Wildman–Crippen LogP) is 0.130. The molecule has 2 aliphatic rings. The van der Waals surface area contributed by atoms with Crippen LogP contribution in [0.1, 0.15) is 19.8 Å². The Labute approximate surface area is 98.7 Å². The first-order valence-electron chi connectivity index (χ1n) is 6.41. The lowest BCUT2D eigenvalue weighted by molar-refractivity contribution is -0.0512. The van der Waals surface area contributed by atoms with Gasteiger partial charge in [0.1, 0.15) is 0 Å². The number of rotatable bonds is 2. The van der Waals surface area contributed by atoms with Crippen molar-refractivity contribution in [3.8, 4) is 0 Å². The fourth-order valence-electron chi connectivity index (χ4n) is 3.05. The predicted molar refractivity (Wildman–Crippen MR) is 65.5 cm³/mol. The fraction of sp³-hybridized carbons (Fsp3) is 1.00. The van der Waals surface area contributed by atoms with Crippen LogP contribution in [-0.4, -0.2) is 67.8 Å². The monoisotopic (exact) mass is 227 g/mol. The van der Waals surface area contributed by atoms with Crippen molar-refractivity contribution in [3.63, 3.8) is 0 Å². The van der Waals surface area contributed by atoms with Crippen molar-refractivity contribution in [1.82, 2.24) is 9.80 Å². The molecule has 0 spiro atoms. The van der Waals surface area contributed by atoms with Crippen LogP contribution in [0.2, 0.25) is 0 Å². The molecule has 2 N–H and O–H groups in total. The summed E-state index contributed by atoms with van der Waals surface area (Å²) in [6, 6.07) is 0.639. The molecule has 0 aliphatic carbocycles. The molecule has 2 atom stereocenters. The number of piperidine rings is 1. The number of likely N-dealkylation sites (tertiary alicyclic amines) is 1. The molecule has 0 aromatic heterocycles. The van der Waals surface area contributed by atoms with Crippen LogP contribution >= 0.6 is 0 Å². The van der Waals surface area contributed by atoms with Gasteiger partial charge < -0.3 is 15.4 Å². The third-order valence-corrected chi connectivity index (χ3v) is 4.42. The topological polar surface area (TPSA) is 41.7 Å². The Morgan fingerprint density at radius 2 is 2.00 bits per heavy atom. The van der Waals surface area contributed by atoms with Crippen molar-refractivity contribution >= 4 is 0 Å². The molecule has 2 aliphatic heterocycles. The zero-order chi connectivity index (χ0) is 11.6. The molecule has 2 fully saturated rings. The maximum absolute atomic E-state index is 6.08. The van der Waals surface area contributed by atoms with E-state index < -0.39 is 0 Å². The van der Waals surface area contributed by atoms with Gasteiger partial charge in [0.2, 0.25) is 0 Å². The van der Waals surface area contributed by atoms with E-state index in [1.54, 1.807) is 0 Å². The average Bonchev–Trinajstić information content (AvgIpc) is 2.34. The fourth-order valence-corrected chi connectivity index (χ4v) is 3.05. The van der Waals surface area contributed by atoms with Gasteiger partial charge in [-0.05, 0) is 33.4 Å². The first-order valence-corrected chi connectivity index (χ1v) is 6.41. The summed E-state index contributed by atoms with van der Waals surface area (Å²) in [6.45, 7) is 8.09. The molecular formula is C12H25N3O. The normalized spacial score (nSPS) is 38.8. The van der Waals surface area contributed by atoms with Gasteiger partial charge in [0.25, 0.3) is 0 Å². The van der Waals surface area contributed by atoms with Crippen LogP contribution in [0, 0.1) is 0 Å². The van der Waals surface area contributed by atoms with Crippen molar-refractivity contribution < 1.29 is 4.74 Å². The molecule has 94 valence electrons. The minimum atomic E-state index is 0.232. The van der Waals surface area contributed by atoms with Crippen molar-refractivity contribution in [3.05, 3.63) is 0 Å². The zero-order valence-corrected chi connectivity index (χ0v) is 10.6. The highest BCUT2D eigenvalue weighted by Crippen LogP contribution is 2.31. The Bertz CT molecular complexity index is 230. The Balaban J connectivity index is 2.06. The molecule has 2 saturated heterocycles. The Morgan fingerprint density at radius 3 is 2.56 bits per heavy atom. The summed E-state index contributed by atoms with van der Waals surface area (Å²) in [5, 5.41) is 0. The summed E-state index contributed by atoms with van der Waals surface area (Å²) in [6.07, 6.45) is 2.39. The van der Waals surface area contributed by atoms with E-state index in [-0.39, 0.29) is 5.54 Å². The molecule has 2 heterocycles. The molecule has 4 nitrogen and oxygen atoms in total. The molecule has 0 aromatic rings. The highest BCUT2D eigenvalue weighted by Gasteiger charge is 2.41. The van der Waals surface area contributed by atoms with Gasteiger partial charge in [0.15, 0.2) is 0 Å². The van der Waals surface area contributed by atoms with E-state index in [1.165, 1.54) is 12.8 Å². The molecule has 0 radical (unpaired) electrons. The molecule has 0 saturated carbocycles. The van der Waals surface area contributed by atoms with Crippen LogP contribution in [-0.2, 0) is 4.74 Å². The zero-order valence-electron chi connectivity index (χ0n) is 10.6. The maximum atomic E-state index is 6.08. The lowest BCUT2D eigenvalue weighted by Crippen LogP contribution is -2.63. The molecule has 2 unspecified atom stereocenters. The smallest absolute Gasteiger partial charge is 0.0594 e. The summed E-state index contributed by atoms with van der Waals surface area (Å²) in [4.78, 5) is 5.01. The maximum Gasteiger partial charge on any atom is 0.0594 e. The van der Waals surface area contributed by atoms with E-state index in [0.717, 1.165) is 39.4 Å². The van der Waals surface area contributed by atoms with Crippen LogP contribution in [0.4, 0.5) is 0 Å². The highest BCUT2D eigenvalue weighted by molar-refractivity contribution is 4.99. The third-order valence-electron chi connectivity index (χ3n) is 4.42. The van der Waals surface area contributed by atoms with E-state index >= 15 is 0 Å². The van der Waals surface area contributed by atoms with E-state index in [4.69, 9.17) is 10.5 Å². The van der Waals surface area contributed by atoms with Gasteiger partial charge in [-0.2, -0.15) is 0 Å². The second-order valence-electron chi connectivity index (χ2n) is 5.31. The first-order chi connectivity index (χ1) is 7.68. The minimum Gasteiger partial charge on any atom is -0.379 e. The summed E-state index contributed by atoms with van der Waals surface area (Å²) < 4.78 is 5.44. The van der Waals surface area contributed by atoms with Gasteiger partial charge >= 0.3 is 0 Å². The van der Waals surface area contributed by atoms with Crippen molar-refractivity contribution in [2.75, 3.05) is 46.4 Å². The lowest BCUT2D eigenvalue weighted by Gasteiger charge is -2.51. The SMILES string of the molecule is CC1CC(CN)(N2CCOCC2)CCN1C. The number of nitrogens with two attached hydrogens (primary N) is 1. The summed E-state index contributed by atoms with van der Waals surface area (Å²) >= 11 is 0. The van der Waals surface area contributed by atoms with Gasteiger partial charge in [-0.3, -0.25) is 4.90 Å². The quantitative estimate of drug-likeness (QED) is 0.728. The van der Waals surface area contributed by atoms with Crippen molar-refractivity contribution in [1.29, 1.82) is 0 Å². The largest absolute Gasteiger partial charge is 0.379 e. The van der Waals surface area contributed by atoms with Crippen LogP contribution in [0.3, 0.4) is 0 Å².